The molecule has 1 aromatic heterocycles. The van der Waals surface area contributed by atoms with E-state index in [0.29, 0.717) is 31.4 Å². The Labute approximate surface area is 182 Å². The Bertz CT molecular complexity index is 668. The Hall–Kier alpha value is -1.85. The monoisotopic (exact) mass is 508 g/mol. The molecule has 0 spiro atoms. The number of nitrogens with one attached hydrogen (secondary N) is 3. The van der Waals surface area contributed by atoms with Crippen LogP contribution in [0.25, 0.3) is 0 Å². The molecule has 0 radical (unpaired) electrons. The highest BCUT2D eigenvalue weighted by Gasteiger charge is 2.25. The summed E-state index contributed by atoms with van der Waals surface area (Å²) >= 11 is 0. The molecule has 1 aliphatic heterocycles. The highest BCUT2D eigenvalue weighted by Crippen LogP contribution is 2.20. The first-order valence-electron chi connectivity index (χ1n) is 9.08. The Morgan fingerprint density at radius 2 is 2.11 bits per heavy atom. The van der Waals surface area contributed by atoms with Gasteiger partial charge < -0.3 is 25.6 Å². The number of halogens is 2. The number of ether oxygens (including phenoxy) is 1. The van der Waals surface area contributed by atoms with E-state index < -0.39 is 11.7 Å². The summed E-state index contributed by atoms with van der Waals surface area (Å²) in [7, 11) is 1.68. The van der Waals surface area contributed by atoms with Gasteiger partial charge in [-0.15, -0.1) is 24.0 Å². The highest BCUT2D eigenvalue weighted by molar-refractivity contribution is 14.0. The summed E-state index contributed by atoms with van der Waals surface area (Å²) in [4.78, 5) is 21.8. The number of pyridine rings is 1. The molecule has 0 saturated carbocycles. The van der Waals surface area contributed by atoms with Crippen molar-refractivity contribution in [2.45, 2.75) is 38.8 Å². The number of alkyl carbamates (subject to hydrolysis) is 1. The lowest BCUT2D eigenvalue weighted by Gasteiger charge is -2.21. The molecule has 0 aliphatic carbocycles. The van der Waals surface area contributed by atoms with Crippen molar-refractivity contribution in [1.82, 2.24) is 20.9 Å². The summed E-state index contributed by atoms with van der Waals surface area (Å²) in [5.74, 6) is 0.703. The zero-order valence-electron chi connectivity index (χ0n) is 16.8. The van der Waals surface area contributed by atoms with Gasteiger partial charge in [0.15, 0.2) is 17.6 Å². The van der Waals surface area contributed by atoms with Gasteiger partial charge in [-0.25, -0.2) is 14.2 Å². The molecule has 2 rings (SSSR count). The van der Waals surface area contributed by atoms with Gasteiger partial charge in [-0.2, -0.15) is 0 Å². The molecule has 0 aromatic carbocycles. The molecule has 1 aromatic rings. The number of hydrogen-bond donors (Lipinski definition) is 3. The fraction of sp³-hybridized carbons (Fsp3) is 0.611. The van der Waals surface area contributed by atoms with Crippen LogP contribution in [-0.4, -0.2) is 61.9 Å². The molecule has 1 aliphatic rings. The van der Waals surface area contributed by atoms with Crippen molar-refractivity contribution in [3.63, 3.8) is 0 Å². The summed E-state index contributed by atoms with van der Waals surface area (Å²) in [5, 5.41) is 9.14. The predicted molar refractivity (Wildman–Crippen MR) is 119 cm³/mol. The summed E-state index contributed by atoms with van der Waals surface area (Å²) < 4.78 is 19.0. The van der Waals surface area contributed by atoms with Crippen molar-refractivity contribution in [2.75, 3.05) is 38.1 Å². The van der Waals surface area contributed by atoms with E-state index >= 15 is 0 Å². The third kappa shape index (κ3) is 8.03. The largest absolute Gasteiger partial charge is 0.444 e. The Morgan fingerprint density at radius 1 is 1.39 bits per heavy atom. The number of aliphatic imine (C=N–C) groups is 1. The molecule has 8 nitrogen and oxygen atoms in total. The zero-order chi connectivity index (χ0) is 19.9. The first-order chi connectivity index (χ1) is 12.8. The van der Waals surface area contributed by atoms with E-state index in [0.717, 1.165) is 13.0 Å². The molecular weight excluding hydrogens is 478 g/mol. The Kier molecular flexibility index (Phi) is 9.70. The number of aromatic nitrogens is 1. The summed E-state index contributed by atoms with van der Waals surface area (Å²) in [5.41, 5.74) is -0.517. The van der Waals surface area contributed by atoms with Crippen LogP contribution in [0.4, 0.5) is 15.0 Å². The van der Waals surface area contributed by atoms with Crippen LogP contribution in [0.1, 0.15) is 27.2 Å². The van der Waals surface area contributed by atoms with Crippen LogP contribution in [0.5, 0.6) is 0 Å². The standard InChI is InChI=1S/C18H29FN6O2.HI/c1-18(2,3)27-17(26)23-10-9-22-16(20-4)24-13-7-11-25(12-13)15-14(19)6-5-8-21-15;/h5-6,8,13H,7,9-12H2,1-4H3,(H,23,26)(H2,20,22,24);1H. The van der Waals surface area contributed by atoms with Crippen LogP contribution in [0.2, 0.25) is 0 Å². The number of guanidine groups is 1. The molecule has 1 saturated heterocycles. The minimum absolute atomic E-state index is 0. The number of anilines is 1. The number of rotatable bonds is 5. The van der Waals surface area contributed by atoms with E-state index in [2.05, 4.69) is 25.9 Å². The number of amides is 1. The van der Waals surface area contributed by atoms with Gasteiger partial charge in [0.05, 0.1) is 0 Å². The lowest BCUT2D eigenvalue weighted by Crippen LogP contribution is -2.47. The Morgan fingerprint density at radius 3 is 2.75 bits per heavy atom. The first kappa shape index (κ1) is 24.2. The van der Waals surface area contributed by atoms with Gasteiger partial charge in [0, 0.05) is 45.5 Å². The van der Waals surface area contributed by atoms with Crippen LogP contribution in [0.15, 0.2) is 23.3 Å². The minimum Gasteiger partial charge on any atom is -0.444 e. The molecule has 1 amide bonds. The average molecular weight is 508 g/mol. The maximum Gasteiger partial charge on any atom is 0.407 e. The predicted octanol–water partition coefficient (Wildman–Crippen LogP) is 2.11. The summed E-state index contributed by atoms with van der Waals surface area (Å²) in [6.07, 6.45) is 2.00. The van der Waals surface area contributed by atoms with Crippen LogP contribution < -0.4 is 20.9 Å². The second-order valence-corrected chi connectivity index (χ2v) is 7.31. The summed E-state index contributed by atoms with van der Waals surface area (Å²) in [6.45, 7) is 7.73. The molecule has 158 valence electrons. The molecule has 28 heavy (non-hydrogen) atoms. The number of carbonyl (C=O) groups is 1. The molecule has 10 heteroatoms. The van der Waals surface area contributed by atoms with E-state index in [4.69, 9.17) is 4.74 Å². The topological polar surface area (TPSA) is 90.9 Å². The number of hydrogen-bond acceptors (Lipinski definition) is 5. The minimum atomic E-state index is -0.517. The molecular formula is C18H30FIN6O2. The SMILES string of the molecule is CN=C(NCCNC(=O)OC(C)(C)C)NC1CCN(c2ncccc2F)C1.I. The van der Waals surface area contributed by atoms with E-state index in [1.54, 1.807) is 19.3 Å². The fourth-order valence-electron chi connectivity index (χ4n) is 2.73. The van der Waals surface area contributed by atoms with E-state index in [-0.39, 0.29) is 35.8 Å². The third-order valence-corrected chi connectivity index (χ3v) is 3.88. The van der Waals surface area contributed by atoms with E-state index in [9.17, 15) is 9.18 Å². The highest BCUT2D eigenvalue weighted by atomic mass is 127. The lowest BCUT2D eigenvalue weighted by atomic mass is 10.2. The van der Waals surface area contributed by atoms with Crippen molar-refractivity contribution < 1.29 is 13.9 Å². The van der Waals surface area contributed by atoms with Gasteiger partial charge in [-0.3, -0.25) is 4.99 Å². The third-order valence-electron chi connectivity index (χ3n) is 3.88. The molecule has 1 fully saturated rings. The number of carbonyl (C=O) groups excluding carboxylic acids is 1. The van der Waals surface area contributed by atoms with Crippen LogP contribution in [0.3, 0.4) is 0 Å². The molecule has 3 N–H and O–H groups in total. The van der Waals surface area contributed by atoms with Crippen LogP contribution >= 0.6 is 24.0 Å². The molecule has 0 bridgehead atoms. The van der Waals surface area contributed by atoms with Gasteiger partial charge in [-0.05, 0) is 39.3 Å². The van der Waals surface area contributed by atoms with Gasteiger partial charge in [0.25, 0.3) is 0 Å². The molecule has 1 unspecified atom stereocenters. The normalized spacial score (nSPS) is 17.0. The van der Waals surface area contributed by atoms with Crippen molar-refractivity contribution in [1.29, 1.82) is 0 Å². The van der Waals surface area contributed by atoms with Gasteiger partial charge in [-0.1, -0.05) is 0 Å². The second kappa shape index (κ2) is 11.2. The van der Waals surface area contributed by atoms with Gasteiger partial charge in [0.1, 0.15) is 5.60 Å². The van der Waals surface area contributed by atoms with Crippen LogP contribution in [-0.2, 0) is 4.74 Å². The van der Waals surface area contributed by atoms with Gasteiger partial charge in [0.2, 0.25) is 0 Å². The lowest BCUT2D eigenvalue weighted by molar-refractivity contribution is 0.0529. The van der Waals surface area contributed by atoms with Gasteiger partial charge >= 0.3 is 6.09 Å². The Balaban J connectivity index is 0.00000392. The number of nitrogens with zero attached hydrogens (tertiary/aromatic N) is 3. The molecule has 1 atom stereocenters. The zero-order valence-corrected chi connectivity index (χ0v) is 19.1. The van der Waals surface area contributed by atoms with Crippen LogP contribution in [0, 0.1) is 5.82 Å². The van der Waals surface area contributed by atoms with E-state index in [1.807, 2.05) is 25.7 Å². The second-order valence-electron chi connectivity index (χ2n) is 7.31. The first-order valence-corrected chi connectivity index (χ1v) is 9.08. The quantitative estimate of drug-likeness (QED) is 0.244. The molecule has 2 heterocycles. The van der Waals surface area contributed by atoms with Crippen molar-refractivity contribution in [3.8, 4) is 0 Å². The van der Waals surface area contributed by atoms with Crippen molar-refractivity contribution in [2.24, 2.45) is 4.99 Å². The van der Waals surface area contributed by atoms with Crippen molar-refractivity contribution in [3.05, 3.63) is 24.1 Å². The fourth-order valence-corrected chi connectivity index (χ4v) is 2.73. The maximum absolute atomic E-state index is 13.9. The average Bonchev–Trinajstić information content (AvgIpc) is 3.04. The summed E-state index contributed by atoms with van der Waals surface area (Å²) in [6, 6.07) is 3.14. The smallest absolute Gasteiger partial charge is 0.407 e. The van der Waals surface area contributed by atoms with E-state index in [1.165, 1.54) is 6.07 Å². The van der Waals surface area contributed by atoms with Crippen molar-refractivity contribution >= 4 is 41.8 Å². The maximum atomic E-state index is 13.9.